The number of carbonyl (C=O) groups excluding carboxylic acids is 2. The Morgan fingerprint density at radius 2 is 1.97 bits per heavy atom. The first-order chi connectivity index (χ1) is 14.1. The lowest BCUT2D eigenvalue weighted by Gasteiger charge is -2.17. The molecule has 0 aliphatic carbocycles. The van der Waals surface area contributed by atoms with Gasteiger partial charge < -0.3 is 4.74 Å². The zero-order valence-electron chi connectivity index (χ0n) is 15.8. The molecule has 1 aliphatic rings. The third-order valence-corrected chi connectivity index (χ3v) is 4.68. The molecule has 0 radical (unpaired) electrons. The monoisotopic (exact) mass is 394 g/mol. The van der Waals surface area contributed by atoms with Crippen molar-refractivity contribution in [2.45, 2.75) is 6.92 Å². The standard InChI is InChI=1S/C21H19FN4O3/c1-2-29-20(27)10-11-24-12-13-25(21(24)28)17-8-5-9-18-15(17)14-23-26(18)19-7-4-3-6-16(19)22/h3-11,14H,2,12-13H2,1H3. The van der Waals surface area contributed by atoms with Crippen LogP contribution >= 0.6 is 0 Å². The number of amides is 2. The highest BCUT2D eigenvalue weighted by Crippen LogP contribution is 2.31. The van der Waals surface area contributed by atoms with Gasteiger partial charge in [-0.05, 0) is 31.2 Å². The molecule has 8 heteroatoms. The van der Waals surface area contributed by atoms with Crippen LogP contribution in [0.2, 0.25) is 0 Å². The molecule has 0 unspecified atom stereocenters. The maximum atomic E-state index is 14.2. The average molecular weight is 394 g/mol. The van der Waals surface area contributed by atoms with Gasteiger partial charge in [0.15, 0.2) is 0 Å². The molecule has 0 atom stereocenters. The molecule has 0 N–H and O–H groups in total. The molecular formula is C21H19FN4O3. The van der Waals surface area contributed by atoms with Gasteiger partial charge in [0, 0.05) is 30.8 Å². The van der Waals surface area contributed by atoms with Crippen molar-refractivity contribution in [2.24, 2.45) is 0 Å². The normalized spacial score (nSPS) is 14.3. The van der Waals surface area contributed by atoms with E-state index in [2.05, 4.69) is 5.10 Å². The van der Waals surface area contributed by atoms with E-state index in [9.17, 15) is 14.0 Å². The first-order valence-corrected chi connectivity index (χ1v) is 9.25. The number of hydrogen-bond donors (Lipinski definition) is 0. The molecule has 7 nitrogen and oxygen atoms in total. The highest BCUT2D eigenvalue weighted by Gasteiger charge is 2.30. The van der Waals surface area contributed by atoms with Gasteiger partial charge in [-0.15, -0.1) is 0 Å². The Morgan fingerprint density at radius 1 is 1.17 bits per heavy atom. The Kier molecular flexibility index (Phi) is 4.99. The molecule has 0 saturated carbocycles. The molecule has 2 amide bonds. The Bertz CT molecular complexity index is 1110. The van der Waals surface area contributed by atoms with Crippen LogP contribution in [0.25, 0.3) is 16.6 Å². The molecule has 1 fully saturated rings. The van der Waals surface area contributed by atoms with Crippen molar-refractivity contribution in [1.29, 1.82) is 0 Å². The zero-order chi connectivity index (χ0) is 20.4. The van der Waals surface area contributed by atoms with Gasteiger partial charge in [-0.3, -0.25) is 9.80 Å². The minimum Gasteiger partial charge on any atom is -0.463 e. The lowest BCUT2D eigenvalue weighted by Crippen LogP contribution is -2.29. The fourth-order valence-electron chi connectivity index (χ4n) is 3.34. The summed E-state index contributed by atoms with van der Waals surface area (Å²) in [4.78, 5) is 27.4. The molecule has 1 aliphatic heterocycles. The lowest BCUT2D eigenvalue weighted by atomic mass is 10.2. The van der Waals surface area contributed by atoms with Crippen molar-refractivity contribution >= 4 is 28.6 Å². The molecule has 0 bridgehead atoms. The lowest BCUT2D eigenvalue weighted by molar-refractivity contribution is -0.137. The maximum absolute atomic E-state index is 14.2. The van der Waals surface area contributed by atoms with Crippen LogP contribution in [0, 0.1) is 5.82 Å². The van der Waals surface area contributed by atoms with Crippen molar-refractivity contribution < 1.29 is 18.7 Å². The van der Waals surface area contributed by atoms with Crippen molar-refractivity contribution in [2.75, 3.05) is 24.6 Å². The van der Waals surface area contributed by atoms with Crippen LogP contribution in [0.5, 0.6) is 0 Å². The van der Waals surface area contributed by atoms with Crippen molar-refractivity contribution in [3.8, 4) is 5.69 Å². The molecule has 3 aromatic rings. The topological polar surface area (TPSA) is 67.7 Å². The van der Waals surface area contributed by atoms with Crippen LogP contribution in [-0.4, -0.2) is 46.4 Å². The van der Waals surface area contributed by atoms with Crippen LogP contribution in [0.3, 0.4) is 0 Å². The number of fused-ring (bicyclic) bond motifs is 1. The number of ether oxygens (including phenoxy) is 1. The SMILES string of the molecule is CCOC(=O)C=CN1CCN(c2cccc3c2cnn3-c2ccccc2F)C1=O. The van der Waals surface area contributed by atoms with Crippen LogP contribution < -0.4 is 4.90 Å². The average Bonchev–Trinajstić information content (AvgIpc) is 3.31. The molecule has 29 heavy (non-hydrogen) atoms. The van der Waals surface area contributed by atoms with E-state index in [1.807, 2.05) is 12.1 Å². The number of urea groups is 1. The summed E-state index contributed by atoms with van der Waals surface area (Å²) in [6.07, 6.45) is 4.30. The largest absolute Gasteiger partial charge is 0.463 e. The highest BCUT2D eigenvalue weighted by molar-refractivity contribution is 6.04. The second-order valence-corrected chi connectivity index (χ2v) is 6.41. The highest BCUT2D eigenvalue weighted by atomic mass is 19.1. The number of carbonyl (C=O) groups is 2. The maximum Gasteiger partial charge on any atom is 0.332 e. The van der Waals surface area contributed by atoms with Gasteiger partial charge in [-0.25, -0.2) is 18.7 Å². The molecule has 1 saturated heterocycles. The third-order valence-electron chi connectivity index (χ3n) is 4.68. The number of hydrogen-bond acceptors (Lipinski definition) is 4. The summed E-state index contributed by atoms with van der Waals surface area (Å²) in [7, 11) is 0. The van der Waals surface area contributed by atoms with Crippen molar-refractivity contribution in [3.05, 3.63) is 66.8 Å². The quantitative estimate of drug-likeness (QED) is 0.491. The Labute approximate surface area is 166 Å². The summed E-state index contributed by atoms with van der Waals surface area (Å²) < 4.78 is 20.6. The Morgan fingerprint density at radius 3 is 2.76 bits per heavy atom. The molecule has 2 heterocycles. The third kappa shape index (κ3) is 3.44. The number of anilines is 1. The molecule has 148 valence electrons. The van der Waals surface area contributed by atoms with Gasteiger partial charge in [-0.2, -0.15) is 5.10 Å². The summed E-state index contributed by atoms with van der Waals surface area (Å²) >= 11 is 0. The number of aromatic nitrogens is 2. The summed E-state index contributed by atoms with van der Waals surface area (Å²) in [6.45, 7) is 2.89. The number of benzene rings is 2. The zero-order valence-corrected chi connectivity index (χ0v) is 15.8. The van der Waals surface area contributed by atoms with E-state index in [0.717, 1.165) is 5.39 Å². The second kappa shape index (κ2) is 7.75. The van der Waals surface area contributed by atoms with Crippen LogP contribution in [0.15, 0.2) is 60.9 Å². The van der Waals surface area contributed by atoms with E-state index in [-0.39, 0.29) is 18.5 Å². The number of nitrogens with zero attached hydrogens (tertiary/aromatic N) is 4. The fraction of sp³-hybridized carbons (Fsp3) is 0.190. The number of esters is 1. The number of para-hydroxylation sites is 1. The van der Waals surface area contributed by atoms with E-state index >= 15 is 0 Å². The van der Waals surface area contributed by atoms with E-state index in [0.29, 0.717) is 30.0 Å². The van der Waals surface area contributed by atoms with Crippen molar-refractivity contribution in [1.82, 2.24) is 14.7 Å². The van der Waals surface area contributed by atoms with Gasteiger partial charge >= 0.3 is 12.0 Å². The summed E-state index contributed by atoms with van der Waals surface area (Å²) in [5, 5.41) is 5.07. The first-order valence-electron chi connectivity index (χ1n) is 9.25. The first kappa shape index (κ1) is 18.7. The summed E-state index contributed by atoms with van der Waals surface area (Å²) in [5.74, 6) is -0.873. The van der Waals surface area contributed by atoms with E-state index < -0.39 is 5.97 Å². The minimum absolute atomic E-state index is 0.253. The van der Waals surface area contributed by atoms with Crippen LogP contribution in [0.1, 0.15) is 6.92 Å². The Balaban J connectivity index is 1.65. The van der Waals surface area contributed by atoms with E-state index in [1.165, 1.54) is 27.9 Å². The van der Waals surface area contributed by atoms with Crippen molar-refractivity contribution in [3.63, 3.8) is 0 Å². The smallest absolute Gasteiger partial charge is 0.332 e. The molecule has 0 spiro atoms. The fourth-order valence-corrected chi connectivity index (χ4v) is 3.34. The van der Waals surface area contributed by atoms with Gasteiger partial charge in [0.2, 0.25) is 0 Å². The summed E-state index contributed by atoms with van der Waals surface area (Å²) in [5.41, 5.74) is 1.72. The van der Waals surface area contributed by atoms with Gasteiger partial charge in [0.1, 0.15) is 11.5 Å². The number of rotatable bonds is 5. The summed E-state index contributed by atoms with van der Waals surface area (Å²) in [6, 6.07) is 11.6. The molecule has 4 rings (SSSR count). The van der Waals surface area contributed by atoms with Gasteiger partial charge in [0.25, 0.3) is 0 Å². The van der Waals surface area contributed by atoms with E-state index in [4.69, 9.17) is 4.74 Å². The van der Waals surface area contributed by atoms with Crippen LogP contribution in [-0.2, 0) is 9.53 Å². The van der Waals surface area contributed by atoms with Crippen LogP contribution in [0.4, 0.5) is 14.9 Å². The predicted molar refractivity (Wildman–Crippen MR) is 106 cm³/mol. The molecular weight excluding hydrogens is 375 g/mol. The Hall–Kier alpha value is -3.68. The van der Waals surface area contributed by atoms with Gasteiger partial charge in [0.05, 0.1) is 24.0 Å². The number of halogens is 1. The second-order valence-electron chi connectivity index (χ2n) is 6.41. The predicted octanol–water partition coefficient (Wildman–Crippen LogP) is 3.48. The molecule has 2 aromatic carbocycles. The minimum atomic E-state index is -0.494. The van der Waals surface area contributed by atoms with E-state index in [1.54, 1.807) is 42.3 Å². The van der Waals surface area contributed by atoms with Gasteiger partial charge in [-0.1, -0.05) is 18.2 Å². The molecule has 1 aromatic heterocycles.